The number of aryl methyl sites for hydroxylation is 1. The number of hydrogen-bond acceptors (Lipinski definition) is 3. The van der Waals surface area contributed by atoms with Gasteiger partial charge in [0.25, 0.3) is 0 Å². The van der Waals surface area contributed by atoms with Crippen LogP contribution in [0.15, 0.2) is 30.6 Å². The van der Waals surface area contributed by atoms with E-state index < -0.39 is 0 Å². The molecule has 2 aromatic heterocycles. The van der Waals surface area contributed by atoms with E-state index in [4.69, 9.17) is 11.6 Å². The Morgan fingerprint density at radius 1 is 1.28 bits per heavy atom. The van der Waals surface area contributed by atoms with Gasteiger partial charge in [0.1, 0.15) is 11.3 Å². The Bertz CT molecular complexity index is 738. The summed E-state index contributed by atoms with van der Waals surface area (Å²) in [6, 6.07) is 4.19. The maximum Gasteiger partial charge on any atom is 0.176 e. The fourth-order valence-corrected chi connectivity index (χ4v) is 2.02. The molecular formula is C12H8ClFN4. The van der Waals surface area contributed by atoms with Crippen molar-refractivity contribution in [3.05, 3.63) is 41.4 Å². The molecule has 0 bridgehead atoms. The fraction of sp³-hybridized carbons (Fsp3) is 0.0833. The topological polar surface area (TPSA) is 43.6 Å². The van der Waals surface area contributed by atoms with E-state index in [0.717, 1.165) is 0 Å². The lowest BCUT2D eigenvalue weighted by Crippen LogP contribution is -1.93. The van der Waals surface area contributed by atoms with E-state index in [9.17, 15) is 4.39 Å². The highest BCUT2D eigenvalue weighted by Gasteiger charge is 2.09. The smallest absolute Gasteiger partial charge is 0.176 e. The van der Waals surface area contributed by atoms with Crippen molar-refractivity contribution in [3.8, 4) is 11.3 Å². The molecule has 0 aliphatic rings. The van der Waals surface area contributed by atoms with Crippen molar-refractivity contribution < 1.29 is 4.39 Å². The molecule has 3 rings (SSSR count). The molecule has 0 unspecified atom stereocenters. The third kappa shape index (κ3) is 1.73. The van der Waals surface area contributed by atoms with Gasteiger partial charge in [0.2, 0.25) is 0 Å². The highest BCUT2D eigenvalue weighted by atomic mass is 35.5. The van der Waals surface area contributed by atoms with Gasteiger partial charge in [-0.2, -0.15) is 5.10 Å². The summed E-state index contributed by atoms with van der Waals surface area (Å²) in [5.74, 6) is -0.376. The molecule has 0 atom stereocenters. The summed E-state index contributed by atoms with van der Waals surface area (Å²) in [4.78, 5) is 8.67. The third-order valence-corrected chi connectivity index (χ3v) is 2.96. The van der Waals surface area contributed by atoms with Crippen LogP contribution in [-0.4, -0.2) is 19.7 Å². The molecule has 0 radical (unpaired) electrons. The summed E-state index contributed by atoms with van der Waals surface area (Å²) in [5.41, 5.74) is 2.61. The molecule has 0 spiro atoms. The maximum atomic E-state index is 13.0. The normalized spacial score (nSPS) is 11.1. The van der Waals surface area contributed by atoms with Gasteiger partial charge in [-0.25, -0.2) is 19.0 Å². The molecular weight excluding hydrogens is 255 g/mol. The second-order valence-corrected chi connectivity index (χ2v) is 4.26. The Kier molecular flexibility index (Phi) is 2.48. The quantitative estimate of drug-likeness (QED) is 0.677. The highest BCUT2D eigenvalue weighted by molar-refractivity contribution is 6.33. The SMILES string of the molecule is Cn1ncc2nc(-c3ccc(F)cc3Cl)cnc21. The van der Waals surface area contributed by atoms with E-state index in [1.807, 2.05) is 0 Å². The molecule has 0 aliphatic heterocycles. The fourth-order valence-electron chi connectivity index (χ4n) is 1.76. The van der Waals surface area contributed by atoms with Crippen molar-refractivity contribution in [2.75, 3.05) is 0 Å². The lowest BCUT2D eigenvalue weighted by molar-refractivity contribution is 0.628. The van der Waals surface area contributed by atoms with E-state index in [0.29, 0.717) is 27.4 Å². The third-order valence-electron chi connectivity index (χ3n) is 2.65. The van der Waals surface area contributed by atoms with Crippen LogP contribution < -0.4 is 0 Å². The molecule has 18 heavy (non-hydrogen) atoms. The predicted molar refractivity (Wildman–Crippen MR) is 66.7 cm³/mol. The molecule has 0 saturated carbocycles. The van der Waals surface area contributed by atoms with E-state index in [1.165, 1.54) is 12.1 Å². The largest absolute Gasteiger partial charge is 0.249 e. The van der Waals surface area contributed by atoms with Crippen LogP contribution in [0.2, 0.25) is 5.02 Å². The Morgan fingerprint density at radius 2 is 2.11 bits per heavy atom. The van der Waals surface area contributed by atoms with Crippen LogP contribution in [0, 0.1) is 5.82 Å². The van der Waals surface area contributed by atoms with Gasteiger partial charge in [-0.1, -0.05) is 11.6 Å². The standard InChI is InChI=1S/C12H8ClFN4/c1-18-12-11(6-16-18)17-10(5-15-12)8-3-2-7(14)4-9(8)13/h2-6H,1H3. The minimum absolute atomic E-state index is 0.313. The van der Waals surface area contributed by atoms with Crippen molar-refractivity contribution in [2.24, 2.45) is 7.05 Å². The number of nitrogens with zero attached hydrogens (tertiary/aromatic N) is 4. The van der Waals surface area contributed by atoms with Gasteiger partial charge >= 0.3 is 0 Å². The Morgan fingerprint density at radius 3 is 2.89 bits per heavy atom. The molecule has 0 fully saturated rings. The average Bonchev–Trinajstić information content (AvgIpc) is 2.71. The first-order valence-corrected chi connectivity index (χ1v) is 5.63. The summed E-state index contributed by atoms with van der Waals surface area (Å²) in [5, 5.41) is 4.38. The van der Waals surface area contributed by atoms with Crippen molar-refractivity contribution in [3.63, 3.8) is 0 Å². The lowest BCUT2D eigenvalue weighted by Gasteiger charge is -2.03. The average molecular weight is 263 g/mol. The van der Waals surface area contributed by atoms with Crippen LogP contribution in [0.4, 0.5) is 4.39 Å². The first kappa shape index (κ1) is 11.1. The number of fused-ring (bicyclic) bond motifs is 1. The molecule has 0 aliphatic carbocycles. The minimum atomic E-state index is -0.376. The first-order valence-electron chi connectivity index (χ1n) is 5.25. The van der Waals surface area contributed by atoms with Crippen molar-refractivity contribution in [2.45, 2.75) is 0 Å². The highest BCUT2D eigenvalue weighted by Crippen LogP contribution is 2.27. The van der Waals surface area contributed by atoms with Gasteiger partial charge in [-0.15, -0.1) is 0 Å². The minimum Gasteiger partial charge on any atom is -0.249 e. The Labute approximate surface area is 107 Å². The zero-order chi connectivity index (χ0) is 12.7. The molecule has 0 amide bonds. The molecule has 90 valence electrons. The van der Waals surface area contributed by atoms with Crippen LogP contribution in [0.3, 0.4) is 0 Å². The number of rotatable bonds is 1. The number of benzene rings is 1. The van der Waals surface area contributed by atoms with Crippen LogP contribution in [0.25, 0.3) is 22.4 Å². The number of hydrogen-bond donors (Lipinski definition) is 0. The van der Waals surface area contributed by atoms with E-state index in [-0.39, 0.29) is 5.82 Å². The van der Waals surface area contributed by atoms with E-state index in [2.05, 4.69) is 15.1 Å². The second-order valence-electron chi connectivity index (χ2n) is 3.86. The zero-order valence-corrected chi connectivity index (χ0v) is 10.2. The number of halogens is 2. The van der Waals surface area contributed by atoms with Gasteiger partial charge < -0.3 is 0 Å². The van der Waals surface area contributed by atoms with Crippen LogP contribution in [0.1, 0.15) is 0 Å². The molecule has 2 heterocycles. The van der Waals surface area contributed by atoms with Crippen LogP contribution in [-0.2, 0) is 7.05 Å². The number of aromatic nitrogens is 4. The van der Waals surface area contributed by atoms with Gasteiger partial charge in [-0.3, -0.25) is 0 Å². The monoisotopic (exact) mass is 262 g/mol. The van der Waals surface area contributed by atoms with Gasteiger partial charge in [0.05, 0.1) is 23.1 Å². The Balaban J connectivity index is 2.19. The predicted octanol–water partition coefficient (Wildman–Crippen LogP) is 2.82. The molecule has 1 aromatic carbocycles. The van der Waals surface area contributed by atoms with Gasteiger partial charge in [0, 0.05) is 12.6 Å². The zero-order valence-electron chi connectivity index (χ0n) is 9.43. The summed E-state index contributed by atoms with van der Waals surface area (Å²) in [6.45, 7) is 0. The van der Waals surface area contributed by atoms with Crippen molar-refractivity contribution in [1.29, 1.82) is 0 Å². The molecule has 6 heteroatoms. The summed E-state index contributed by atoms with van der Waals surface area (Å²) in [6.07, 6.45) is 3.23. The maximum absolute atomic E-state index is 13.0. The Hall–Kier alpha value is -2.01. The van der Waals surface area contributed by atoms with Crippen LogP contribution in [0.5, 0.6) is 0 Å². The summed E-state index contributed by atoms with van der Waals surface area (Å²) < 4.78 is 14.6. The molecule has 4 nitrogen and oxygen atoms in total. The lowest BCUT2D eigenvalue weighted by atomic mass is 10.1. The van der Waals surface area contributed by atoms with Gasteiger partial charge in [0.15, 0.2) is 5.65 Å². The molecule has 0 N–H and O–H groups in total. The van der Waals surface area contributed by atoms with Crippen LogP contribution >= 0.6 is 11.6 Å². The molecule has 0 saturated heterocycles. The van der Waals surface area contributed by atoms with Gasteiger partial charge in [-0.05, 0) is 18.2 Å². The second kappa shape index (κ2) is 4.03. The summed E-state index contributed by atoms with van der Waals surface area (Å²) in [7, 11) is 1.79. The molecule has 3 aromatic rings. The first-order chi connectivity index (χ1) is 8.65. The van der Waals surface area contributed by atoms with E-state index >= 15 is 0 Å². The van der Waals surface area contributed by atoms with Crippen molar-refractivity contribution >= 4 is 22.8 Å². The van der Waals surface area contributed by atoms with E-state index in [1.54, 1.807) is 30.2 Å². The van der Waals surface area contributed by atoms with Crippen molar-refractivity contribution in [1.82, 2.24) is 19.7 Å². The summed E-state index contributed by atoms with van der Waals surface area (Å²) >= 11 is 5.99.